The summed E-state index contributed by atoms with van der Waals surface area (Å²) >= 11 is 0. The number of para-hydroxylation sites is 2. The fourth-order valence-corrected chi connectivity index (χ4v) is 5.22. The lowest BCUT2D eigenvalue weighted by Gasteiger charge is -2.33. The molecule has 11 nitrogen and oxygen atoms in total. The van der Waals surface area contributed by atoms with Gasteiger partial charge < -0.3 is 14.5 Å². The summed E-state index contributed by atoms with van der Waals surface area (Å²) in [4.78, 5) is 27.0. The van der Waals surface area contributed by atoms with E-state index in [0.29, 0.717) is 11.1 Å². The van der Waals surface area contributed by atoms with Crippen molar-refractivity contribution in [1.82, 2.24) is 14.6 Å². The number of benzene rings is 2. The third-order valence-corrected chi connectivity index (χ3v) is 6.86. The third kappa shape index (κ3) is 3.82. The number of nitrogens with zero attached hydrogens (tertiary/aromatic N) is 3. The van der Waals surface area contributed by atoms with Gasteiger partial charge >= 0.3 is 0 Å². The van der Waals surface area contributed by atoms with E-state index in [0.717, 1.165) is 16.4 Å². The van der Waals surface area contributed by atoms with Gasteiger partial charge in [-0.25, -0.2) is 13.4 Å². The minimum absolute atomic E-state index is 0.0230. The molecule has 0 saturated carbocycles. The predicted octanol–water partition coefficient (Wildman–Crippen LogP) is 1.48. The predicted molar refractivity (Wildman–Crippen MR) is 108 cm³/mol. The summed E-state index contributed by atoms with van der Waals surface area (Å²) in [6, 6.07) is 9.17. The lowest BCUT2D eigenvalue weighted by molar-refractivity contribution is -0.385. The highest BCUT2D eigenvalue weighted by molar-refractivity contribution is 7.89. The zero-order chi connectivity index (χ0) is 22.2. The van der Waals surface area contributed by atoms with Crippen molar-refractivity contribution in [2.45, 2.75) is 17.4 Å². The molecule has 31 heavy (non-hydrogen) atoms. The van der Waals surface area contributed by atoms with E-state index in [4.69, 9.17) is 9.15 Å². The minimum Gasteiger partial charge on any atom is -0.495 e. The molecule has 1 atom stereocenters. The quantitative estimate of drug-likeness (QED) is 0.443. The average Bonchev–Trinajstić information content (AvgIpc) is 3.17. The van der Waals surface area contributed by atoms with Crippen LogP contribution < -0.4 is 10.1 Å². The number of carbonyl (C=O) groups is 1. The number of aromatic nitrogens is 1. The molecule has 1 saturated heterocycles. The van der Waals surface area contributed by atoms with Gasteiger partial charge in [0.05, 0.1) is 12.0 Å². The Hall–Kier alpha value is -3.51. The number of nitrogens with one attached hydrogen (secondary N) is 1. The van der Waals surface area contributed by atoms with Crippen LogP contribution in [0.1, 0.15) is 5.89 Å². The van der Waals surface area contributed by atoms with E-state index >= 15 is 0 Å². The van der Waals surface area contributed by atoms with Gasteiger partial charge in [-0.3, -0.25) is 14.9 Å². The Bertz CT molecular complexity index is 1240. The number of hydrogen-bond acceptors (Lipinski definition) is 8. The molecule has 1 aromatic heterocycles. The molecule has 1 N–H and O–H groups in total. The highest BCUT2D eigenvalue weighted by atomic mass is 32.2. The monoisotopic (exact) mass is 446 g/mol. The van der Waals surface area contributed by atoms with Crippen LogP contribution in [-0.2, 0) is 21.2 Å². The zero-order valence-corrected chi connectivity index (χ0v) is 17.2. The number of oxazole rings is 1. The molecule has 4 rings (SSSR count). The van der Waals surface area contributed by atoms with Crippen molar-refractivity contribution in [1.29, 1.82) is 0 Å². The van der Waals surface area contributed by atoms with Crippen molar-refractivity contribution in [3.05, 3.63) is 58.5 Å². The molecule has 0 radical (unpaired) electrons. The number of non-ortho nitro benzene ring substituents is 1. The highest BCUT2D eigenvalue weighted by Gasteiger charge is 2.41. The summed E-state index contributed by atoms with van der Waals surface area (Å²) < 4.78 is 38.7. The first-order chi connectivity index (χ1) is 14.8. The Morgan fingerprint density at radius 3 is 2.81 bits per heavy atom. The molecular formula is C19H18N4O7S. The Morgan fingerprint density at radius 1 is 1.32 bits per heavy atom. The van der Waals surface area contributed by atoms with Crippen LogP contribution >= 0.6 is 0 Å². The molecule has 0 unspecified atom stereocenters. The van der Waals surface area contributed by atoms with Crippen molar-refractivity contribution in [3.8, 4) is 5.75 Å². The molecular weight excluding hydrogens is 428 g/mol. The van der Waals surface area contributed by atoms with Crippen LogP contribution in [0.3, 0.4) is 0 Å². The second-order valence-electron chi connectivity index (χ2n) is 6.79. The van der Waals surface area contributed by atoms with Crippen molar-refractivity contribution in [3.63, 3.8) is 0 Å². The molecule has 2 aromatic carbocycles. The summed E-state index contributed by atoms with van der Waals surface area (Å²) in [6.07, 6.45) is -0.100. The van der Waals surface area contributed by atoms with Gasteiger partial charge in [0.15, 0.2) is 11.5 Å². The summed E-state index contributed by atoms with van der Waals surface area (Å²) in [7, 11) is -3.06. The maximum Gasteiger partial charge on any atom is 0.271 e. The van der Waals surface area contributed by atoms with Gasteiger partial charge in [-0.2, -0.15) is 4.31 Å². The molecule has 1 fully saturated rings. The fourth-order valence-electron chi connectivity index (χ4n) is 3.46. The molecule has 0 bridgehead atoms. The molecule has 1 aliphatic heterocycles. The summed E-state index contributed by atoms with van der Waals surface area (Å²) in [5, 5.41) is 13.8. The van der Waals surface area contributed by atoms with Crippen molar-refractivity contribution in [2.75, 3.05) is 20.2 Å². The van der Waals surface area contributed by atoms with Crippen LogP contribution in [0.5, 0.6) is 5.75 Å². The van der Waals surface area contributed by atoms with Crippen LogP contribution in [0.25, 0.3) is 11.1 Å². The van der Waals surface area contributed by atoms with Gasteiger partial charge in [0.2, 0.25) is 15.9 Å². The minimum atomic E-state index is -4.32. The molecule has 0 aliphatic carbocycles. The van der Waals surface area contributed by atoms with E-state index in [9.17, 15) is 23.3 Å². The Balaban J connectivity index is 1.74. The first-order valence-electron chi connectivity index (χ1n) is 9.27. The van der Waals surface area contributed by atoms with Gasteiger partial charge in [-0.15, -0.1) is 0 Å². The lowest BCUT2D eigenvalue weighted by atomic mass is 10.1. The van der Waals surface area contributed by atoms with E-state index in [1.54, 1.807) is 24.3 Å². The molecule has 0 spiro atoms. The standard InChI is InChI=1S/C19H18N4O7S/c1-29-16-7-6-12(23(25)26)10-17(16)31(27,28)22-9-8-20-19(24)14(22)11-18-21-13-4-2-3-5-15(13)30-18/h2-7,10,14H,8-9,11H2,1H3,(H,20,24)/t14-/m1/s1. The Morgan fingerprint density at radius 2 is 2.10 bits per heavy atom. The molecule has 1 aliphatic rings. The first-order valence-corrected chi connectivity index (χ1v) is 10.7. The molecule has 1 amide bonds. The Labute approximate surface area is 176 Å². The summed E-state index contributed by atoms with van der Waals surface area (Å²) in [5.74, 6) is -0.367. The number of hydrogen-bond donors (Lipinski definition) is 1. The number of piperazine rings is 1. The smallest absolute Gasteiger partial charge is 0.271 e. The maximum absolute atomic E-state index is 13.5. The number of nitro groups is 1. The molecule has 3 aromatic rings. The van der Waals surface area contributed by atoms with Gasteiger partial charge in [0.1, 0.15) is 22.2 Å². The van der Waals surface area contributed by atoms with Crippen LogP contribution in [0.2, 0.25) is 0 Å². The van der Waals surface area contributed by atoms with E-state index in [-0.39, 0.29) is 36.0 Å². The number of methoxy groups -OCH3 is 1. The maximum atomic E-state index is 13.5. The molecule has 162 valence electrons. The highest BCUT2D eigenvalue weighted by Crippen LogP contribution is 2.32. The summed E-state index contributed by atoms with van der Waals surface area (Å²) in [6.45, 7) is 0.0736. The molecule has 12 heteroatoms. The van der Waals surface area contributed by atoms with Crippen LogP contribution in [0, 0.1) is 10.1 Å². The number of rotatable bonds is 6. The van der Waals surface area contributed by atoms with E-state index < -0.39 is 32.6 Å². The second-order valence-corrected chi connectivity index (χ2v) is 8.65. The normalized spacial score (nSPS) is 17.5. The Kier molecular flexibility index (Phi) is 5.33. The number of sulfonamides is 1. The second kappa shape index (κ2) is 7.96. The van der Waals surface area contributed by atoms with Gasteiger partial charge in [-0.05, 0) is 18.2 Å². The number of fused-ring (bicyclic) bond motifs is 1. The van der Waals surface area contributed by atoms with Crippen LogP contribution in [0.4, 0.5) is 5.69 Å². The average molecular weight is 446 g/mol. The van der Waals surface area contributed by atoms with Crippen molar-refractivity contribution in [2.24, 2.45) is 0 Å². The van der Waals surface area contributed by atoms with Crippen LogP contribution in [0.15, 0.2) is 51.8 Å². The van der Waals surface area contributed by atoms with Gasteiger partial charge in [0.25, 0.3) is 5.69 Å². The fraction of sp³-hybridized carbons (Fsp3) is 0.263. The lowest BCUT2D eigenvalue weighted by Crippen LogP contribution is -2.57. The van der Waals surface area contributed by atoms with E-state index in [1.165, 1.54) is 13.2 Å². The first kappa shape index (κ1) is 20.8. The van der Waals surface area contributed by atoms with E-state index in [1.807, 2.05) is 0 Å². The number of amides is 1. The van der Waals surface area contributed by atoms with Crippen LogP contribution in [-0.4, -0.2) is 54.8 Å². The summed E-state index contributed by atoms with van der Waals surface area (Å²) in [5.41, 5.74) is 0.697. The van der Waals surface area contributed by atoms with Crippen molar-refractivity contribution < 1.29 is 27.3 Å². The number of carbonyl (C=O) groups excluding carboxylic acids is 1. The van der Waals surface area contributed by atoms with E-state index in [2.05, 4.69) is 10.3 Å². The third-order valence-electron chi connectivity index (χ3n) is 4.93. The largest absolute Gasteiger partial charge is 0.495 e. The van der Waals surface area contributed by atoms with Gasteiger partial charge in [-0.1, -0.05) is 12.1 Å². The zero-order valence-electron chi connectivity index (χ0n) is 16.3. The SMILES string of the molecule is COc1ccc([N+](=O)[O-])cc1S(=O)(=O)N1CCNC(=O)[C@H]1Cc1nc2ccccc2o1. The molecule has 2 heterocycles. The number of ether oxygens (including phenoxy) is 1. The van der Waals surface area contributed by atoms with Crippen molar-refractivity contribution >= 4 is 32.7 Å². The number of nitro benzene ring substituents is 1. The topological polar surface area (TPSA) is 145 Å². The van der Waals surface area contributed by atoms with Gasteiger partial charge in [0, 0.05) is 31.6 Å².